The number of aliphatic hydroxyl groups is 1. The summed E-state index contributed by atoms with van der Waals surface area (Å²) in [6, 6.07) is 18.7. The van der Waals surface area contributed by atoms with Crippen LogP contribution in [0.1, 0.15) is 18.1 Å². The molecule has 0 aliphatic rings. The summed E-state index contributed by atoms with van der Waals surface area (Å²) in [4.78, 5) is 0. The van der Waals surface area contributed by atoms with Gasteiger partial charge in [-0.05, 0) is 18.1 Å². The van der Waals surface area contributed by atoms with E-state index in [0.29, 0.717) is 5.56 Å². The lowest BCUT2D eigenvalue weighted by Crippen LogP contribution is -2.38. The predicted molar refractivity (Wildman–Crippen MR) is 81.7 cm³/mol. The van der Waals surface area contributed by atoms with E-state index < -0.39 is 5.60 Å². The number of nitrogens with zero attached hydrogens (tertiary/aromatic N) is 2. The number of benzene rings is 2. The van der Waals surface area contributed by atoms with Crippen molar-refractivity contribution < 1.29 is 5.11 Å². The fraction of sp³-hybridized carbons (Fsp3) is 0.125. The van der Waals surface area contributed by atoms with Gasteiger partial charge in [-0.25, -0.2) is 0 Å². The largest absolute Gasteiger partial charge is 0.383 e. The predicted octanol–water partition coefficient (Wildman–Crippen LogP) is 2.29. The van der Waals surface area contributed by atoms with Crippen LogP contribution in [0.4, 0.5) is 0 Å². The molecule has 0 aliphatic carbocycles. The van der Waals surface area contributed by atoms with Crippen molar-refractivity contribution in [3.8, 4) is 0 Å². The van der Waals surface area contributed by atoms with E-state index in [2.05, 4.69) is 10.2 Å². The Kier molecular flexibility index (Phi) is 4.27. The Bertz CT molecular complexity index is 604. The minimum Gasteiger partial charge on any atom is -0.383 e. The van der Waals surface area contributed by atoms with Crippen LogP contribution in [0.2, 0.25) is 0 Å². The molecule has 102 valence electrons. The maximum absolute atomic E-state index is 10.4. The molecule has 2 rings (SSSR count). The first kappa shape index (κ1) is 14.0. The van der Waals surface area contributed by atoms with Crippen LogP contribution in [0.5, 0.6) is 0 Å². The zero-order valence-corrected chi connectivity index (χ0v) is 11.3. The van der Waals surface area contributed by atoms with E-state index in [-0.39, 0.29) is 5.84 Å². The van der Waals surface area contributed by atoms with Gasteiger partial charge in [0.15, 0.2) is 5.84 Å². The molecule has 0 aliphatic heterocycles. The molecule has 2 aromatic carbocycles. The summed E-state index contributed by atoms with van der Waals surface area (Å²) in [7, 11) is 0. The first-order valence-corrected chi connectivity index (χ1v) is 6.30. The van der Waals surface area contributed by atoms with Gasteiger partial charge in [0.25, 0.3) is 0 Å². The Balaban J connectivity index is 2.16. The van der Waals surface area contributed by atoms with Crippen LogP contribution in [0.25, 0.3) is 0 Å². The number of hydrogen-bond acceptors (Lipinski definition) is 3. The van der Waals surface area contributed by atoms with E-state index in [1.165, 1.54) is 0 Å². The summed E-state index contributed by atoms with van der Waals surface area (Å²) in [5.74, 6) is 0.0517. The van der Waals surface area contributed by atoms with E-state index in [1.54, 1.807) is 25.3 Å². The van der Waals surface area contributed by atoms with Crippen LogP contribution in [0.15, 0.2) is 70.9 Å². The molecule has 4 heteroatoms. The van der Waals surface area contributed by atoms with Crippen molar-refractivity contribution in [3.05, 3.63) is 71.8 Å². The van der Waals surface area contributed by atoms with Gasteiger partial charge in [-0.2, -0.15) is 5.10 Å². The third kappa shape index (κ3) is 3.30. The maximum atomic E-state index is 10.4. The lowest BCUT2D eigenvalue weighted by molar-refractivity contribution is 0.131. The lowest BCUT2D eigenvalue weighted by atomic mass is 9.95. The molecular formula is C16H17N3O. The molecule has 20 heavy (non-hydrogen) atoms. The Hall–Kier alpha value is -2.46. The van der Waals surface area contributed by atoms with Crippen molar-refractivity contribution in [1.29, 1.82) is 0 Å². The molecule has 0 saturated carbocycles. The van der Waals surface area contributed by atoms with Gasteiger partial charge < -0.3 is 10.8 Å². The highest BCUT2D eigenvalue weighted by Crippen LogP contribution is 2.20. The van der Waals surface area contributed by atoms with E-state index >= 15 is 0 Å². The van der Waals surface area contributed by atoms with Gasteiger partial charge in [-0.1, -0.05) is 60.7 Å². The number of hydrogen-bond donors (Lipinski definition) is 2. The highest BCUT2D eigenvalue weighted by Gasteiger charge is 2.27. The molecule has 0 aromatic heterocycles. The summed E-state index contributed by atoms with van der Waals surface area (Å²) in [5.41, 5.74) is 6.09. The van der Waals surface area contributed by atoms with Gasteiger partial charge in [-0.15, -0.1) is 5.10 Å². The van der Waals surface area contributed by atoms with Crippen molar-refractivity contribution in [2.75, 3.05) is 0 Å². The second-order valence-electron chi connectivity index (χ2n) is 4.58. The zero-order valence-electron chi connectivity index (χ0n) is 11.3. The van der Waals surface area contributed by atoms with E-state index in [9.17, 15) is 5.11 Å². The molecule has 0 radical (unpaired) electrons. The second kappa shape index (κ2) is 6.12. The summed E-state index contributed by atoms with van der Waals surface area (Å²) in [6.07, 6.45) is 1.59. The first-order valence-electron chi connectivity index (χ1n) is 6.30. The molecule has 0 spiro atoms. The molecule has 4 nitrogen and oxygen atoms in total. The van der Waals surface area contributed by atoms with Crippen molar-refractivity contribution in [3.63, 3.8) is 0 Å². The summed E-state index contributed by atoms with van der Waals surface area (Å²) >= 11 is 0. The van der Waals surface area contributed by atoms with Gasteiger partial charge in [0.1, 0.15) is 5.60 Å². The molecule has 1 atom stereocenters. The molecule has 3 N–H and O–H groups in total. The second-order valence-corrected chi connectivity index (χ2v) is 4.58. The summed E-state index contributed by atoms with van der Waals surface area (Å²) in [5, 5.41) is 18.2. The topological polar surface area (TPSA) is 71.0 Å². The quantitative estimate of drug-likeness (QED) is 0.507. The Morgan fingerprint density at radius 1 is 1.05 bits per heavy atom. The van der Waals surface area contributed by atoms with Crippen LogP contribution >= 0.6 is 0 Å². The molecule has 2 aromatic rings. The SMILES string of the molecule is CC(O)(/C(N)=N/N=C\c1ccccc1)c1ccccc1. The average Bonchev–Trinajstić information content (AvgIpc) is 2.49. The van der Waals surface area contributed by atoms with Gasteiger partial charge in [0.2, 0.25) is 0 Å². The maximum Gasteiger partial charge on any atom is 0.158 e. The van der Waals surface area contributed by atoms with Crippen molar-refractivity contribution in [1.82, 2.24) is 0 Å². The fourth-order valence-corrected chi connectivity index (χ4v) is 1.70. The highest BCUT2D eigenvalue weighted by molar-refractivity contribution is 5.90. The molecule has 0 amide bonds. The van der Waals surface area contributed by atoms with Crippen LogP contribution in [-0.4, -0.2) is 17.2 Å². The minimum atomic E-state index is -1.34. The van der Waals surface area contributed by atoms with E-state index in [4.69, 9.17) is 5.73 Å². The fourth-order valence-electron chi connectivity index (χ4n) is 1.70. The standard InChI is InChI=1S/C16H17N3O/c1-16(20,14-10-6-3-7-11-14)15(17)19-18-12-13-8-4-2-5-9-13/h2-12,20H,1H3,(H2,17,19)/b18-12-. The Morgan fingerprint density at radius 3 is 2.20 bits per heavy atom. The van der Waals surface area contributed by atoms with Gasteiger partial charge in [0, 0.05) is 0 Å². The van der Waals surface area contributed by atoms with Crippen LogP contribution in [0.3, 0.4) is 0 Å². The third-order valence-electron chi connectivity index (χ3n) is 3.01. The van der Waals surface area contributed by atoms with Crippen LogP contribution in [-0.2, 0) is 5.60 Å². The monoisotopic (exact) mass is 267 g/mol. The highest BCUT2D eigenvalue weighted by atomic mass is 16.3. The minimum absolute atomic E-state index is 0.0517. The van der Waals surface area contributed by atoms with E-state index in [0.717, 1.165) is 5.56 Å². The lowest BCUT2D eigenvalue weighted by Gasteiger charge is -2.22. The smallest absolute Gasteiger partial charge is 0.158 e. The average molecular weight is 267 g/mol. The van der Waals surface area contributed by atoms with Gasteiger partial charge in [0.05, 0.1) is 6.21 Å². The van der Waals surface area contributed by atoms with Crippen molar-refractivity contribution in [2.45, 2.75) is 12.5 Å². The van der Waals surface area contributed by atoms with Crippen LogP contribution in [0, 0.1) is 0 Å². The zero-order chi connectivity index (χ0) is 14.4. The normalized spacial score (nSPS) is 15.2. The van der Waals surface area contributed by atoms with Gasteiger partial charge in [-0.3, -0.25) is 0 Å². The van der Waals surface area contributed by atoms with Crippen molar-refractivity contribution in [2.24, 2.45) is 15.9 Å². The number of rotatable bonds is 4. The summed E-state index contributed by atoms with van der Waals surface area (Å²) < 4.78 is 0. The molecule has 1 unspecified atom stereocenters. The molecule has 0 heterocycles. The first-order chi connectivity index (χ1) is 9.60. The Labute approximate surface area is 118 Å². The van der Waals surface area contributed by atoms with Crippen molar-refractivity contribution >= 4 is 12.1 Å². The van der Waals surface area contributed by atoms with Gasteiger partial charge >= 0.3 is 0 Å². The third-order valence-corrected chi connectivity index (χ3v) is 3.01. The number of amidine groups is 1. The Morgan fingerprint density at radius 2 is 1.60 bits per heavy atom. The van der Waals surface area contributed by atoms with E-state index in [1.807, 2.05) is 48.5 Å². The molecule has 0 saturated heterocycles. The molecule has 0 fully saturated rings. The molecular weight excluding hydrogens is 250 g/mol. The number of nitrogens with two attached hydrogens (primary N) is 1. The van der Waals surface area contributed by atoms with Crippen LogP contribution < -0.4 is 5.73 Å². The summed E-state index contributed by atoms with van der Waals surface area (Å²) in [6.45, 7) is 1.60. The molecule has 0 bridgehead atoms.